The van der Waals surface area contributed by atoms with E-state index < -0.39 is 23.9 Å². The third-order valence-corrected chi connectivity index (χ3v) is 5.60. The van der Waals surface area contributed by atoms with Crippen molar-refractivity contribution < 1.29 is 40.7 Å². The van der Waals surface area contributed by atoms with Crippen LogP contribution in [0.3, 0.4) is 0 Å². The number of oxazole rings is 1. The van der Waals surface area contributed by atoms with Gasteiger partial charge in [0.2, 0.25) is 5.89 Å². The van der Waals surface area contributed by atoms with E-state index in [2.05, 4.69) is 9.88 Å². The molecule has 0 radical (unpaired) electrons. The van der Waals surface area contributed by atoms with E-state index in [0.29, 0.717) is 23.9 Å². The molecule has 2 fully saturated rings. The lowest BCUT2D eigenvalue weighted by molar-refractivity contribution is -0.192. The largest absolute Gasteiger partial charge is 0.490 e. The maximum atomic E-state index is 12.8. The second-order valence-electron chi connectivity index (χ2n) is 7.88. The maximum Gasteiger partial charge on any atom is 0.490 e. The maximum absolute atomic E-state index is 12.8. The molecule has 1 saturated heterocycles. The number of likely N-dealkylation sites (tertiary alicyclic amines) is 1. The van der Waals surface area contributed by atoms with Crippen LogP contribution in [0.2, 0.25) is 0 Å². The quantitative estimate of drug-likeness (QED) is 0.662. The molecule has 176 valence electrons. The van der Waals surface area contributed by atoms with E-state index in [1.165, 1.54) is 18.8 Å². The van der Waals surface area contributed by atoms with E-state index >= 15 is 0 Å². The predicted molar refractivity (Wildman–Crippen MR) is 100 cm³/mol. The number of nitrogens with zero attached hydrogens (tertiary/aromatic N) is 2. The molecule has 2 aliphatic rings. The van der Waals surface area contributed by atoms with Crippen molar-refractivity contribution in [2.75, 3.05) is 13.1 Å². The minimum absolute atomic E-state index is 0.220. The zero-order chi connectivity index (χ0) is 23.7. The molecule has 0 spiro atoms. The van der Waals surface area contributed by atoms with E-state index in [4.69, 9.17) is 20.1 Å². The highest BCUT2D eigenvalue weighted by molar-refractivity contribution is 5.73. The monoisotopic (exact) mass is 465 g/mol. The van der Waals surface area contributed by atoms with E-state index in [1.807, 2.05) is 0 Å². The summed E-state index contributed by atoms with van der Waals surface area (Å²) in [5.41, 5.74) is 6.52. The van der Waals surface area contributed by atoms with E-state index in [9.17, 15) is 26.3 Å². The summed E-state index contributed by atoms with van der Waals surface area (Å²) in [7, 11) is 0. The molecule has 3 N–H and O–H groups in total. The van der Waals surface area contributed by atoms with Crippen LogP contribution in [0.15, 0.2) is 34.9 Å². The first-order chi connectivity index (χ1) is 14.8. The van der Waals surface area contributed by atoms with Gasteiger partial charge in [0.1, 0.15) is 6.26 Å². The molecule has 1 aliphatic carbocycles. The SMILES string of the molecule is NC1CCC2CN(Cc3coc(-c4cccc(C(F)(F)F)c4)n3)CC12.O=C(O)C(F)(F)F. The number of aliphatic carboxylic acids is 1. The fourth-order valence-electron chi connectivity index (χ4n) is 4.10. The first-order valence-corrected chi connectivity index (χ1v) is 9.74. The Morgan fingerprint density at radius 1 is 1.19 bits per heavy atom. The van der Waals surface area contributed by atoms with Crippen molar-refractivity contribution >= 4 is 5.97 Å². The van der Waals surface area contributed by atoms with Crippen LogP contribution in [0, 0.1) is 11.8 Å². The fourth-order valence-corrected chi connectivity index (χ4v) is 4.10. The number of alkyl halides is 6. The number of rotatable bonds is 3. The van der Waals surface area contributed by atoms with Gasteiger partial charge < -0.3 is 15.3 Å². The van der Waals surface area contributed by atoms with Crippen molar-refractivity contribution in [2.45, 2.75) is 37.8 Å². The van der Waals surface area contributed by atoms with Crippen LogP contribution >= 0.6 is 0 Å². The number of hydrogen-bond acceptors (Lipinski definition) is 5. The molecule has 1 aliphatic heterocycles. The standard InChI is InChI=1S/C18H20F3N3O.C2HF3O2/c19-18(20,21)13-3-1-2-11(6-13)17-23-14(10-25-17)8-24-7-12-4-5-16(22)15(12)9-24;3-2(4,5)1(6)7/h1-3,6,10,12,15-16H,4-5,7-9,22H2;(H,6,7). The average molecular weight is 465 g/mol. The second-order valence-corrected chi connectivity index (χ2v) is 7.88. The molecule has 6 nitrogen and oxygen atoms in total. The van der Waals surface area contributed by atoms with Gasteiger partial charge in [-0.05, 0) is 42.9 Å². The highest BCUT2D eigenvalue weighted by Gasteiger charge is 2.41. The Labute approximate surface area is 179 Å². The number of fused-ring (bicyclic) bond motifs is 1. The molecule has 3 atom stereocenters. The summed E-state index contributed by atoms with van der Waals surface area (Å²) in [5.74, 6) is -1.33. The Hall–Kier alpha value is -2.60. The van der Waals surface area contributed by atoms with E-state index in [0.717, 1.165) is 37.3 Å². The molecule has 1 aromatic heterocycles. The summed E-state index contributed by atoms with van der Waals surface area (Å²) in [6.07, 6.45) is -5.65. The number of benzene rings is 1. The van der Waals surface area contributed by atoms with Gasteiger partial charge in [-0.1, -0.05) is 6.07 Å². The van der Waals surface area contributed by atoms with Crippen LogP contribution in [0.1, 0.15) is 24.1 Å². The lowest BCUT2D eigenvalue weighted by Crippen LogP contribution is -2.30. The van der Waals surface area contributed by atoms with Crippen LogP contribution < -0.4 is 5.73 Å². The summed E-state index contributed by atoms with van der Waals surface area (Å²) < 4.78 is 75.7. The van der Waals surface area contributed by atoms with Gasteiger partial charge in [-0.3, -0.25) is 4.90 Å². The molecule has 32 heavy (non-hydrogen) atoms. The van der Waals surface area contributed by atoms with Gasteiger partial charge in [-0.2, -0.15) is 26.3 Å². The molecule has 4 rings (SSSR count). The van der Waals surface area contributed by atoms with Crippen molar-refractivity contribution in [3.05, 3.63) is 41.8 Å². The zero-order valence-corrected chi connectivity index (χ0v) is 16.7. The molecule has 12 heteroatoms. The summed E-state index contributed by atoms with van der Waals surface area (Å²) in [6, 6.07) is 5.33. The molecule has 1 aromatic carbocycles. The molecule has 0 amide bonds. The Morgan fingerprint density at radius 3 is 2.47 bits per heavy atom. The van der Waals surface area contributed by atoms with Crippen LogP contribution in [-0.4, -0.2) is 46.3 Å². The highest BCUT2D eigenvalue weighted by atomic mass is 19.4. The Morgan fingerprint density at radius 2 is 1.88 bits per heavy atom. The molecular weight excluding hydrogens is 444 g/mol. The Kier molecular flexibility index (Phi) is 6.84. The minimum atomic E-state index is -5.08. The van der Waals surface area contributed by atoms with Crippen LogP contribution in [0.25, 0.3) is 11.5 Å². The first-order valence-electron chi connectivity index (χ1n) is 9.74. The number of nitrogens with two attached hydrogens (primary N) is 1. The Bertz CT molecular complexity index is 943. The van der Waals surface area contributed by atoms with Gasteiger partial charge in [0.25, 0.3) is 0 Å². The van der Waals surface area contributed by atoms with Gasteiger partial charge in [0.15, 0.2) is 0 Å². The number of aromatic nitrogens is 1. The van der Waals surface area contributed by atoms with E-state index in [-0.39, 0.29) is 11.9 Å². The normalized spacial score (nSPS) is 23.5. The predicted octanol–water partition coefficient (Wildman–Crippen LogP) is 4.16. The number of carboxylic acids is 1. The third kappa shape index (κ3) is 5.80. The summed E-state index contributed by atoms with van der Waals surface area (Å²) >= 11 is 0. The fraction of sp³-hybridized carbons (Fsp3) is 0.500. The number of carboxylic acid groups (broad SMARTS) is 1. The Balaban J connectivity index is 0.000000360. The van der Waals surface area contributed by atoms with Crippen molar-refractivity contribution in [1.29, 1.82) is 0 Å². The van der Waals surface area contributed by atoms with Gasteiger partial charge in [0.05, 0.1) is 11.3 Å². The zero-order valence-electron chi connectivity index (χ0n) is 16.7. The number of carbonyl (C=O) groups is 1. The highest BCUT2D eigenvalue weighted by Crippen LogP contribution is 2.38. The van der Waals surface area contributed by atoms with Crippen molar-refractivity contribution in [3.8, 4) is 11.5 Å². The van der Waals surface area contributed by atoms with Crippen molar-refractivity contribution in [1.82, 2.24) is 9.88 Å². The summed E-state index contributed by atoms with van der Waals surface area (Å²) in [5, 5.41) is 7.12. The average Bonchev–Trinajstić information content (AvgIpc) is 3.40. The van der Waals surface area contributed by atoms with Crippen LogP contribution in [0.4, 0.5) is 26.3 Å². The van der Waals surface area contributed by atoms with Gasteiger partial charge in [0, 0.05) is 31.2 Å². The topological polar surface area (TPSA) is 92.6 Å². The molecule has 2 aromatic rings. The number of hydrogen-bond donors (Lipinski definition) is 2. The lowest BCUT2D eigenvalue weighted by Gasteiger charge is -2.16. The van der Waals surface area contributed by atoms with Crippen molar-refractivity contribution in [3.63, 3.8) is 0 Å². The van der Waals surface area contributed by atoms with E-state index in [1.54, 1.807) is 6.07 Å². The molecule has 1 saturated carbocycles. The molecule has 3 unspecified atom stereocenters. The molecule has 0 bridgehead atoms. The first kappa shape index (κ1) is 24.1. The molecule has 2 heterocycles. The second kappa shape index (κ2) is 9.10. The summed E-state index contributed by atoms with van der Waals surface area (Å²) in [4.78, 5) is 15.6. The lowest BCUT2D eigenvalue weighted by atomic mass is 9.98. The van der Waals surface area contributed by atoms with Crippen molar-refractivity contribution in [2.24, 2.45) is 17.6 Å². The molecular formula is C20H21F6N3O3. The number of halogens is 6. The van der Waals surface area contributed by atoms with Crippen LogP contribution in [-0.2, 0) is 17.5 Å². The van der Waals surface area contributed by atoms with Gasteiger partial charge in [-0.25, -0.2) is 9.78 Å². The smallest absolute Gasteiger partial charge is 0.475 e. The minimum Gasteiger partial charge on any atom is -0.475 e. The summed E-state index contributed by atoms with van der Waals surface area (Å²) in [6.45, 7) is 2.60. The third-order valence-electron chi connectivity index (χ3n) is 5.60. The van der Waals surface area contributed by atoms with Gasteiger partial charge >= 0.3 is 18.3 Å². The van der Waals surface area contributed by atoms with Gasteiger partial charge in [-0.15, -0.1) is 0 Å². The van der Waals surface area contributed by atoms with Crippen LogP contribution in [0.5, 0.6) is 0 Å².